The molecular weight excluding hydrogens is 412 g/mol. The van der Waals surface area contributed by atoms with Crippen LogP contribution in [0.4, 0.5) is 0 Å². The van der Waals surface area contributed by atoms with Gasteiger partial charge in [-0.25, -0.2) is 0 Å². The summed E-state index contributed by atoms with van der Waals surface area (Å²) in [5, 5.41) is 0. The number of allylic oxidation sites excluding steroid dienone is 1. The van der Waals surface area contributed by atoms with Crippen LogP contribution in [0.1, 0.15) is 76.4 Å². The first-order valence-corrected chi connectivity index (χ1v) is 11.5. The maximum atomic E-state index is 12.7. The number of carbonyl (C=O) groups excluding carboxylic acids is 1. The molecule has 0 radical (unpaired) electrons. The third kappa shape index (κ3) is 8.80. The number of ether oxygens (including phenoxy) is 3. The average molecular weight is 451 g/mol. The number of hydrogen-bond acceptors (Lipinski definition) is 4. The molecule has 0 bridgehead atoms. The van der Waals surface area contributed by atoms with Gasteiger partial charge in [-0.05, 0) is 102 Å². The summed E-state index contributed by atoms with van der Waals surface area (Å²) in [4.78, 5) is 12.7. The van der Waals surface area contributed by atoms with Gasteiger partial charge in [0.15, 0.2) is 17.3 Å². The second kappa shape index (κ2) is 11.2. The number of carbonyl (C=O) groups is 1. The van der Waals surface area contributed by atoms with Crippen LogP contribution in [0.15, 0.2) is 55.1 Å². The number of hydrogen-bond donors (Lipinski definition) is 0. The van der Waals surface area contributed by atoms with Crippen LogP contribution in [-0.2, 0) is 6.42 Å². The van der Waals surface area contributed by atoms with Gasteiger partial charge in [-0.2, -0.15) is 0 Å². The Hall–Kier alpha value is -3.01. The second-order valence-corrected chi connectivity index (χ2v) is 10.0. The Bertz CT molecular complexity index is 970. The van der Waals surface area contributed by atoms with Gasteiger partial charge >= 0.3 is 0 Å². The van der Waals surface area contributed by atoms with Gasteiger partial charge in [0.25, 0.3) is 0 Å². The summed E-state index contributed by atoms with van der Waals surface area (Å²) < 4.78 is 18.1. The maximum Gasteiger partial charge on any atom is 0.185 e. The van der Waals surface area contributed by atoms with Crippen LogP contribution >= 0.6 is 0 Å². The van der Waals surface area contributed by atoms with Crippen molar-refractivity contribution >= 4 is 11.9 Å². The molecule has 0 heterocycles. The van der Waals surface area contributed by atoms with Crippen LogP contribution in [0.5, 0.6) is 17.2 Å². The van der Waals surface area contributed by atoms with Crippen molar-refractivity contribution in [1.82, 2.24) is 0 Å². The number of ketones is 1. The van der Waals surface area contributed by atoms with Crippen LogP contribution in [0.25, 0.3) is 6.08 Å². The predicted molar refractivity (Wildman–Crippen MR) is 137 cm³/mol. The first kappa shape index (κ1) is 26.2. The Labute approximate surface area is 199 Å². The van der Waals surface area contributed by atoms with Crippen molar-refractivity contribution in [3.05, 3.63) is 71.8 Å². The summed E-state index contributed by atoms with van der Waals surface area (Å²) in [6.45, 7) is 18.3. The predicted octanol–water partition coefficient (Wildman–Crippen LogP) is 7.45. The van der Waals surface area contributed by atoms with Crippen molar-refractivity contribution in [3.63, 3.8) is 0 Å². The number of rotatable bonds is 10. The van der Waals surface area contributed by atoms with Gasteiger partial charge in [-0.15, -0.1) is 0 Å². The molecule has 2 aromatic carbocycles. The van der Waals surface area contributed by atoms with Crippen molar-refractivity contribution in [2.45, 2.75) is 72.5 Å². The van der Waals surface area contributed by atoms with E-state index in [1.807, 2.05) is 53.7 Å². The van der Waals surface area contributed by atoms with Gasteiger partial charge in [0.2, 0.25) is 0 Å². The molecule has 0 saturated heterocycles. The van der Waals surface area contributed by atoms with Gasteiger partial charge in [0, 0.05) is 5.56 Å². The van der Waals surface area contributed by atoms with E-state index in [1.54, 1.807) is 36.4 Å². The number of aryl methyl sites for hydroxylation is 1. The quantitative estimate of drug-likeness (QED) is 0.214. The zero-order valence-corrected chi connectivity index (χ0v) is 21.2. The van der Waals surface area contributed by atoms with Crippen molar-refractivity contribution < 1.29 is 19.0 Å². The van der Waals surface area contributed by atoms with Crippen LogP contribution in [0, 0.1) is 0 Å². The Balaban J connectivity index is 2.37. The molecule has 33 heavy (non-hydrogen) atoms. The molecule has 0 N–H and O–H groups in total. The monoisotopic (exact) mass is 450 g/mol. The third-order valence-corrected chi connectivity index (χ3v) is 4.43. The molecule has 0 saturated carbocycles. The van der Waals surface area contributed by atoms with Crippen LogP contribution in [-0.4, -0.2) is 23.6 Å². The molecule has 0 unspecified atom stereocenters. The molecule has 0 aromatic heterocycles. The van der Waals surface area contributed by atoms with E-state index in [0.717, 1.165) is 29.7 Å². The molecule has 0 spiro atoms. The van der Waals surface area contributed by atoms with Crippen molar-refractivity contribution in [2.75, 3.05) is 6.61 Å². The van der Waals surface area contributed by atoms with E-state index in [1.165, 1.54) is 0 Å². The standard InChI is InChI=1S/C29H38O4/c1-9-11-23-19-21(20-26(32-28(3,4)5)27(23)33-29(6,7)8)12-17-25(30)22-13-15-24(16-14-22)31-18-10-2/h10,12-17,19-20H,2,9,11,18H2,1,3-8H3. The smallest absolute Gasteiger partial charge is 0.185 e. The lowest BCUT2D eigenvalue weighted by atomic mass is 10.0. The van der Waals surface area contributed by atoms with Crippen molar-refractivity contribution in [2.24, 2.45) is 0 Å². The van der Waals surface area contributed by atoms with E-state index < -0.39 is 0 Å². The summed E-state index contributed by atoms with van der Waals surface area (Å²) in [7, 11) is 0. The summed E-state index contributed by atoms with van der Waals surface area (Å²) in [5.41, 5.74) is 1.84. The van der Waals surface area contributed by atoms with Crippen LogP contribution < -0.4 is 14.2 Å². The zero-order chi connectivity index (χ0) is 24.6. The van der Waals surface area contributed by atoms with Gasteiger partial charge in [-0.1, -0.05) is 32.1 Å². The normalized spacial score (nSPS) is 12.0. The Morgan fingerprint density at radius 2 is 1.61 bits per heavy atom. The van der Waals surface area contributed by atoms with E-state index in [0.29, 0.717) is 23.7 Å². The molecule has 4 heteroatoms. The molecule has 0 amide bonds. The highest BCUT2D eigenvalue weighted by atomic mass is 16.5. The minimum atomic E-state index is -0.382. The first-order chi connectivity index (χ1) is 15.4. The highest BCUT2D eigenvalue weighted by Gasteiger charge is 2.23. The van der Waals surface area contributed by atoms with Gasteiger partial charge in [-0.3, -0.25) is 4.79 Å². The summed E-state index contributed by atoms with van der Waals surface area (Å²) >= 11 is 0. The molecule has 2 aromatic rings. The molecule has 2 rings (SSSR count). The molecule has 0 aliphatic heterocycles. The topological polar surface area (TPSA) is 44.8 Å². The lowest BCUT2D eigenvalue weighted by Crippen LogP contribution is -2.27. The molecule has 0 aliphatic carbocycles. The third-order valence-electron chi connectivity index (χ3n) is 4.43. The van der Waals surface area contributed by atoms with Gasteiger partial charge in [0.05, 0.1) is 0 Å². The Morgan fingerprint density at radius 1 is 0.970 bits per heavy atom. The Morgan fingerprint density at radius 3 is 2.15 bits per heavy atom. The van der Waals surface area contributed by atoms with Gasteiger partial charge in [0.1, 0.15) is 23.6 Å². The van der Waals surface area contributed by atoms with Crippen molar-refractivity contribution in [3.8, 4) is 17.2 Å². The second-order valence-electron chi connectivity index (χ2n) is 10.0. The van der Waals surface area contributed by atoms with E-state index in [4.69, 9.17) is 14.2 Å². The fraction of sp³-hybridized carbons (Fsp3) is 0.414. The lowest BCUT2D eigenvalue weighted by molar-refractivity contribution is 0.0946. The van der Waals surface area contributed by atoms with E-state index in [9.17, 15) is 4.79 Å². The molecule has 0 aliphatic rings. The van der Waals surface area contributed by atoms with E-state index in [-0.39, 0.29) is 17.0 Å². The fourth-order valence-corrected chi connectivity index (χ4v) is 3.20. The summed E-state index contributed by atoms with van der Waals surface area (Å²) in [5.74, 6) is 2.10. The molecule has 178 valence electrons. The number of benzene rings is 2. The molecule has 0 fully saturated rings. The largest absolute Gasteiger partial charge is 0.490 e. The lowest BCUT2D eigenvalue weighted by Gasteiger charge is -2.29. The van der Waals surface area contributed by atoms with Crippen molar-refractivity contribution in [1.29, 1.82) is 0 Å². The van der Waals surface area contributed by atoms with Crippen LogP contribution in [0.2, 0.25) is 0 Å². The fourth-order valence-electron chi connectivity index (χ4n) is 3.20. The summed E-state index contributed by atoms with van der Waals surface area (Å²) in [6, 6.07) is 11.1. The highest BCUT2D eigenvalue weighted by Crippen LogP contribution is 2.38. The van der Waals surface area contributed by atoms with Gasteiger partial charge < -0.3 is 14.2 Å². The Kier molecular flexibility index (Phi) is 8.92. The summed E-state index contributed by atoms with van der Waals surface area (Å²) in [6.07, 6.45) is 6.94. The minimum Gasteiger partial charge on any atom is -0.490 e. The average Bonchev–Trinajstić information content (AvgIpc) is 2.71. The van der Waals surface area contributed by atoms with Crippen LogP contribution in [0.3, 0.4) is 0 Å². The SMILES string of the molecule is C=CCOc1ccc(C(=O)C=Cc2cc(CCC)c(OC(C)(C)C)c(OC(C)(C)C)c2)cc1. The zero-order valence-electron chi connectivity index (χ0n) is 21.2. The first-order valence-electron chi connectivity index (χ1n) is 11.5. The molecule has 0 atom stereocenters. The van der Waals surface area contributed by atoms with E-state index in [2.05, 4.69) is 19.6 Å². The molecule has 4 nitrogen and oxygen atoms in total. The molecular formula is C29H38O4. The minimum absolute atomic E-state index is 0.0735. The maximum absolute atomic E-state index is 12.7. The van der Waals surface area contributed by atoms with E-state index >= 15 is 0 Å². The highest BCUT2D eigenvalue weighted by molar-refractivity contribution is 6.06.